The first kappa shape index (κ1) is 22.5. The van der Waals surface area contributed by atoms with E-state index in [1.807, 2.05) is 31.2 Å². The van der Waals surface area contributed by atoms with Crippen LogP contribution >= 0.6 is 0 Å². The van der Waals surface area contributed by atoms with Crippen molar-refractivity contribution >= 4 is 11.7 Å². The van der Waals surface area contributed by atoms with Crippen LogP contribution in [-0.2, 0) is 6.42 Å². The van der Waals surface area contributed by atoms with Gasteiger partial charge in [-0.2, -0.15) is 0 Å². The van der Waals surface area contributed by atoms with Crippen LogP contribution in [0.1, 0.15) is 44.6 Å². The van der Waals surface area contributed by atoms with Crippen LogP contribution in [-0.4, -0.2) is 42.2 Å². The number of nitrogens with zero attached hydrogens (tertiary/aromatic N) is 1. The Labute approximate surface area is 188 Å². The van der Waals surface area contributed by atoms with E-state index in [2.05, 4.69) is 15.5 Å². The molecule has 1 saturated carbocycles. The van der Waals surface area contributed by atoms with Gasteiger partial charge in [0.1, 0.15) is 17.4 Å². The van der Waals surface area contributed by atoms with E-state index in [1.165, 1.54) is 6.07 Å². The fourth-order valence-electron chi connectivity index (χ4n) is 4.82. The van der Waals surface area contributed by atoms with Crippen molar-refractivity contribution in [2.45, 2.75) is 57.0 Å². The van der Waals surface area contributed by atoms with Gasteiger partial charge in [0.25, 0.3) is 0 Å². The summed E-state index contributed by atoms with van der Waals surface area (Å²) in [6, 6.07) is 11.1. The van der Waals surface area contributed by atoms with E-state index in [9.17, 15) is 13.6 Å². The number of nitrogens with one attached hydrogen (secondary N) is 2. The van der Waals surface area contributed by atoms with Crippen molar-refractivity contribution in [2.24, 2.45) is 0 Å². The van der Waals surface area contributed by atoms with Gasteiger partial charge in [0.2, 0.25) is 0 Å². The molecule has 1 heterocycles. The molecule has 0 aromatic heterocycles. The molecule has 4 rings (SSSR count). The molecule has 1 unspecified atom stereocenters. The number of halogens is 2. The molecule has 2 aliphatic rings. The quantitative estimate of drug-likeness (QED) is 0.596. The average molecular weight is 444 g/mol. The number of rotatable bonds is 8. The monoisotopic (exact) mass is 443 g/mol. The maximum atomic E-state index is 14.2. The number of amides is 2. The normalized spacial score (nSPS) is 19.9. The van der Waals surface area contributed by atoms with E-state index in [1.54, 1.807) is 6.07 Å². The Balaban J connectivity index is 1.37. The first-order chi connectivity index (χ1) is 15.5. The van der Waals surface area contributed by atoms with Gasteiger partial charge in [0, 0.05) is 30.4 Å². The van der Waals surface area contributed by atoms with Crippen molar-refractivity contribution in [1.82, 2.24) is 10.2 Å². The second-order valence-electron chi connectivity index (χ2n) is 8.88. The van der Waals surface area contributed by atoms with Crippen LogP contribution in [0, 0.1) is 11.6 Å². The van der Waals surface area contributed by atoms with Gasteiger partial charge in [-0.25, -0.2) is 13.6 Å². The third-order valence-electron chi connectivity index (χ3n) is 6.57. The lowest BCUT2D eigenvalue weighted by atomic mass is 9.76. The molecule has 2 N–H and O–H groups in total. The summed E-state index contributed by atoms with van der Waals surface area (Å²) in [5.41, 5.74) is 0.963. The Morgan fingerprint density at radius 1 is 1.19 bits per heavy atom. The first-order valence-corrected chi connectivity index (χ1v) is 11.5. The van der Waals surface area contributed by atoms with Crippen molar-refractivity contribution in [1.29, 1.82) is 0 Å². The van der Waals surface area contributed by atoms with Gasteiger partial charge in [0.05, 0.1) is 12.1 Å². The molecule has 1 atom stereocenters. The number of urea groups is 1. The standard InChI is InChI=1S/C25H31F2N3O2/c1-2-32-22-8-3-6-20(16-22)28-24(31)29-25(11-5-12-25)17-30-13-4-7-21(30)14-18-9-10-19(26)15-23(18)27/h3,6,8-10,15-16,21H,2,4-5,7,11-14,17H2,1H3,(H2,28,29,31). The highest BCUT2D eigenvalue weighted by Gasteiger charge is 2.42. The second kappa shape index (κ2) is 9.86. The molecule has 1 aliphatic carbocycles. The van der Waals surface area contributed by atoms with Gasteiger partial charge in [-0.05, 0) is 75.8 Å². The van der Waals surface area contributed by atoms with Crippen molar-refractivity contribution in [3.05, 3.63) is 59.7 Å². The minimum atomic E-state index is -0.551. The summed E-state index contributed by atoms with van der Waals surface area (Å²) in [7, 11) is 0. The van der Waals surface area contributed by atoms with Gasteiger partial charge in [-0.1, -0.05) is 12.1 Å². The minimum Gasteiger partial charge on any atom is -0.494 e. The number of anilines is 1. The number of likely N-dealkylation sites (tertiary alicyclic amines) is 1. The Hall–Kier alpha value is -2.67. The first-order valence-electron chi connectivity index (χ1n) is 11.5. The molecule has 2 aromatic rings. The van der Waals surface area contributed by atoms with Gasteiger partial charge < -0.3 is 15.4 Å². The van der Waals surface area contributed by atoms with E-state index >= 15 is 0 Å². The van der Waals surface area contributed by atoms with E-state index in [0.29, 0.717) is 24.3 Å². The van der Waals surface area contributed by atoms with Crippen molar-refractivity contribution < 1.29 is 18.3 Å². The lowest BCUT2D eigenvalue weighted by Crippen LogP contribution is -2.61. The van der Waals surface area contributed by atoms with Crippen LogP contribution in [0.4, 0.5) is 19.3 Å². The van der Waals surface area contributed by atoms with Crippen LogP contribution in [0.3, 0.4) is 0 Å². The van der Waals surface area contributed by atoms with E-state index < -0.39 is 11.6 Å². The van der Waals surface area contributed by atoms with Crippen LogP contribution in [0.5, 0.6) is 5.75 Å². The zero-order valence-electron chi connectivity index (χ0n) is 18.5. The second-order valence-corrected chi connectivity index (χ2v) is 8.88. The zero-order chi connectivity index (χ0) is 22.6. The van der Waals surface area contributed by atoms with E-state index in [-0.39, 0.29) is 17.6 Å². The Kier molecular flexibility index (Phi) is 6.94. The van der Waals surface area contributed by atoms with E-state index in [4.69, 9.17) is 4.74 Å². The zero-order valence-corrected chi connectivity index (χ0v) is 18.5. The average Bonchev–Trinajstić information content (AvgIpc) is 3.15. The smallest absolute Gasteiger partial charge is 0.319 e. The van der Waals surface area contributed by atoms with Gasteiger partial charge in [0.15, 0.2) is 0 Å². The summed E-state index contributed by atoms with van der Waals surface area (Å²) in [5.74, 6) is -0.316. The molecule has 32 heavy (non-hydrogen) atoms. The molecule has 0 radical (unpaired) electrons. The molecule has 7 heteroatoms. The molecular weight excluding hydrogens is 412 g/mol. The predicted molar refractivity (Wildman–Crippen MR) is 121 cm³/mol. The molecule has 5 nitrogen and oxygen atoms in total. The minimum absolute atomic E-state index is 0.195. The predicted octanol–water partition coefficient (Wildman–Crippen LogP) is 5.11. The molecule has 2 aromatic carbocycles. The van der Waals surface area contributed by atoms with E-state index in [0.717, 1.165) is 57.0 Å². The largest absolute Gasteiger partial charge is 0.494 e. The molecule has 1 saturated heterocycles. The fourth-order valence-corrected chi connectivity index (χ4v) is 4.82. The number of hydrogen-bond donors (Lipinski definition) is 2. The highest BCUT2D eigenvalue weighted by Crippen LogP contribution is 2.35. The summed E-state index contributed by atoms with van der Waals surface area (Å²) in [6.45, 7) is 4.16. The molecule has 0 spiro atoms. The number of carbonyl (C=O) groups is 1. The van der Waals surface area contributed by atoms with Crippen LogP contribution in [0.2, 0.25) is 0 Å². The number of carbonyl (C=O) groups excluding carboxylic acids is 1. The summed E-state index contributed by atoms with van der Waals surface area (Å²) >= 11 is 0. The summed E-state index contributed by atoms with van der Waals surface area (Å²) < 4.78 is 32.9. The van der Waals surface area contributed by atoms with Crippen molar-refractivity contribution in [3.63, 3.8) is 0 Å². The van der Waals surface area contributed by atoms with Gasteiger partial charge >= 0.3 is 6.03 Å². The Morgan fingerprint density at radius 3 is 2.75 bits per heavy atom. The topological polar surface area (TPSA) is 53.6 Å². The van der Waals surface area contributed by atoms with Crippen LogP contribution in [0.25, 0.3) is 0 Å². The highest BCUT2D eigenvalue weighted by atomic mass is 19.1. The van der Waals surface area contributed by atoms with Gasteiger partial charge in [-0.3, -0.25) is 4.90 Å². The molecule has 1 aliphatic heterocycles. The number of ether oxygens (including phenoxy) is 1. The third kappa shape index (κ3) is 5.38. The third-order valence-corrected chi connectivity index (χ3v) is 6.57. The number of benzene rings is 2. The summed E-state index contributed by atoms with van der Waals surface area (Å²) in [6.07, 6.45) is 5.49. The van der Waals surface area contributed by atoms with Crippen molar-refractivity contribution in [3.8, 4) is 5.75 Å². The highest BCUT2D eigenvalue weighted by molar-refractivity contribution is 5.90. The maximum absolute atomic E-state index is 14.2. The SMILES string of the molecule is CCOc1cccc(NC(=O)NC2(CN3CCCC3Cc3ccc(F)cc3F)CCC2)c1. The fraction of sp³-hybridized carbons (Fsp3) is 0.480. The number of hydrogen-bond acceptors (Lipinski definition) is 3. The molecule has 2 fully saturated rings. The maximum Gasteiger partial charge on any atom is 0.319 e. The van der Waals surface area contributed by atoms with Crippen molar-refractivity contribution in [2.75, 3.05) is 25.0 Å². The lowest BCUT2D eigenvalue weighted by Gasteiger charge is -2.46. The van der Waals surface area contributed by atoms with Gasteiger partial charge in [-0.15, -0.1) is 0 Å². The molecule has 2 amide bonds. The van der Waals surface area contributed by atoms with Crippen LogP contribution in [0.15, 0.2) is 42.5 Å². The molecule has 0 bridgehead atoms. The molecular formula is C25H31F2N3O2. The van der Waals surface area contributed by atoms with Crippen LogP contribution < -0.4 is 15.4 Å². The Morgan fingerprint density at radius 2 is 2.03 bits per heavy atom. The summed E-state index contributed by atoms with van der Waals surface area (Å²) in [4.78, 5) is 15.1. The Bertz CT molecular complexity index is 949. The molecule has 172 valence electrons. The lowest BCUT2D eigenvalue weighted by molar-refractivity contribution is 0.109. The summed E-state index contributed by atoms with van der Waals surface area (Å²) in [5, 5.41) is 6.12.